The highest BCUT2D eigenvalue weighted by Crippen LogP contribution is 2.24. The number of thiophene rings is 1. The molecule has 0 spiro atoms. The molecule has 1 fully saturated rings. The predicted molar refractivity (Wildman–Crippen MR) is 70.5 cm³/mol. The van der Waals surface area contributed by atoms with Gasteiger partial charge in [0.25, 0.3) is 0 Å². The molecule has 1 aliphatic heterocycles. The molecule has 1 aliphatic rings. The van der Waals surface area contributed by atoms with E-state index in [2.05, 4.69) is 31.3 Å². The van der Waals surface area contributed by atoms with Gasteiger partial charge in [-0.1, -0.05) is 6.92 Å². The molecule has 1 saturated heterocycles. The zero-order valence-electron chi connectivity index (χ0n) is 10.5. The Bertz CT molecular complexity index is 358. The Morgan fingerprint density at radius 1 is 1.59 bits per heavy atom. The zero-order chi connectivity index (χ0) is 12.3. The van der Waals surface area contributed by atoms with Gasteiger partial charge in [0.05, 0.1) is 6.61 Å². The number of ether oxygens (including phenoxy) is 1. The molecule has 1 aromatic heterocycles. The van der Waals surface area contributed by atoms with Gasteiger partial charge in [0, 0.05) is 35.4 Å². The first-order valence-corrected chi connectivity index (χ1v) is 7.07. The van der Waals surface area contributed by atoms with E-state index in [1.54, 1.807) is 0 Å². The first kappa shape index (κ1) is 13.0. The van der Waals surface area contributed by atoms with Crippen molar-refractivity contribution in [3.8, 4) is 0 Å². The monoisotopic (exact) mass is 255 g/mol. The van der Waals surface area contributed by atoms with Crippen LogP contribution in [0.4, 0.5) is 0 Å². The molecular weight excluding hydrogens is 234 g/mol. The number of aliphatic hydroxyl groups is 1. The first-order valence-electron chi connectivity index (χ1n) is 6.25. The van der Waals surface area contributed by atoms with E-state index in [0.717, 1.165) is 12.8 Å². The van der Waals surface area contributed by atoms with Gasteiger partial charge < -0.3 is 15.2 Å². The van der Waals surface area contributed by atoms with Crippen molar-refractivity contribution in [1.29, 1.82) is 0 Å². The van der Waals surface area contributed by atoms with E-state index < -0.39 is 5.60 Å². The summed E-state index contributed by atoms with van der Waals surface area (Å²) in [5.41, 5.74) is -0.668. The third-order valence-corrected chi connectivity index (χ3v) is 4.69. The molecule has 0 saturated carbocycles. The summed E-state index contributed by atoms with van der Waals surface area (Å²) in [6, 6.07) is 4.66. The summed E-state index contributed by atoms with van der Waals surface area (Å²) in [5.74, 6) is 0. The molecule has 17 heavy (non-hydrogen) atoms. The summed E-state index contributed by atoms with van der Waals surface area (Å²) >= 11 is 1.85. The third kappa shape index (κ3) is 3.28. The van der Waals surface area contributed by atoms with Crippen LogP contribution in [0.1, 0.15) is 36.1 Å². The molecule has 4 heteroatoms. The van der Waals surface area contributed by atoms with Gasteiger partial charge in [-0.3, -0.25) is 0 Å². The lowest BCUT2D eigenvalue weighted by molar-refractivity contribution is 0.0252. The second-order valence-corrected chi connectivity index (χ2v) is 5.99. The van der Waals surface area contributed by atoms with Gasteiger partial charge in [-0.05, 0) is 25.5 Å². The maximum Gasteiger partial charge on any atom is 0.103 e. The van der Waals surface area contributed by atoms with Gasteiger partial charge in [0.1, 0.15) is 5.60 Å². The van der Waals surface area contributed by atoms with Crippen LogP contribution in [0.3, 0.4) is 0 Å². The first-order chi connectivity index (χ1) is 8.13. The Balaban J connectivity index is 1.86. The summed E-state index contributed by atoms with van der Waals surface area (Å²) in [4.78, 5) is 2.75. The van der Waals surface area contributed by atoms with E-state index in [9.17, 15) is 5.11 Å². The van der Waals surface area contributed by atoms with E-state index in [-0.39, 0.29) is 0 Å². The van der Waals surface area contributed by atoms with E-state index in [4.69, 9.17) is 4.74 Å². The third-order valence-electron chi connectivity index (χ3n) is 3.28. The maximum atomic E-state index is 10.2. The van der Waals surface area contributed by atoms with Crippen LogP contribution in [-0.2, 0) is 11.2 Å². The van der Waals surface area contributed by atoms with Crippen LogP contribution in [0.15, 0.2) is 12.1 Å². The number of rotatable bonds is 5. The van der Waals surface area contributed by atoms with Gasteiger partial charge in [0.15, 0.2) is 0 Å². The van der Waals surface area contributed by atoms with Gasteiger partial charge in [-0.25, -0.2) is 0 Å². The maximum absolute atomic E-state index is 10.2. The molecule has 0 bridgehead atoms. The Morgan fingerprint density at radius 3 is 3.00 bits per heavy atom. The standard InChI is InChI=1S/C13H21NO2S/c1-3-11-4-5-12(17-11)10(2)14-8-13(15)6-7-16-9-13/h4-5,10,14-15H,3,6-9H2,1-2H3. The minimum absolute atomic E-state index is 0.296. The second kappa shape index (κ2) is 5.48. The van der Waals surface area contributed by atoms with Crippen LogP contribution in [-0.4, -0.2) is 30.5 Å². The molecule has 0 amide bonds. The quantitative estimate of drug-likeness (QED) is 0.847. The second-order valence-electron chi connectivity index (χ2n) is 4.79. The minimum Gasteiger partial charge on any atom is -0.386 e. The van der Waals surface area contributed by atoms with Crippen LogP contribution >= 0.6 is 11.3 Å². The fraction of sp³-hybridized carbons (Fsp3) is 0.692. The summed E-state index contributed by atoms with van der Waals surface area (Å²) in [7, 11) is 0. The Labute approximate surface area is 107 Å². The number of nitrogens with one attached hydrogen (secondary N) is 1. The van der Waals surface area contributed by atoms with E-state index >= 15 is 0 Å². The molecular formula is C13H21NO2S. The molecule has 0 radical (unpaired) electrons. The summed E-state index contributed by atoms with van der Waals surface area (Å²) in [6.07, 6.45) is 1.83. The van der Waals surface area contributed by atoms with E-state index in [0.29, 0.717) is 25.8 Å². The molecule has 1 aromatic rings. The highest BCUT2D eigenvalue weighted by atomic mass is 32.1. The van der Waals surface area contributed by atoms with Crippen molar-refractivity contribution in [2.24, 2.45) is 0 Å². The molecule has 0 aliphatic carbocycles. The number of aryl methyl sites for hydroxylation is 1. The largest absolute Gasteiger partial charge is 0.386 e. The highest BCUT2D eigenvalue weighted by Gasteiger charge is 2.32. The van der Waals surface area contributed by atoms with Gasteiger partial charge in [-0.2, -0.15) is 0 Å². The van der Waals surface area contributed by atoms with Crippen molar-refractivity contribution in [3.05, 3.63) is 21.9 Å². The topological polar surface area (TPSA) is 41.5 Å². The average Bonchev–Trinajstić information content (AvgIpc) is 2.95. The van der Waals surface area contributed by atoms with Crippen molar-refractivity contribution in [3.63, 3.8) is 0 Å². The van der Waals surface area contributed by atoms with Gasteiger partial charge in [-0.15, -0.1) is 11.3 Å². The molecule has 2 heterocycles. The lowest BCUT2D eigenvalue weighted by Gasteiger charge is -2.23. The molecule has 2 N–H and O–H groups in total. The Kier molecular flexibility index (Phi) is 4.20. The van der Waals surface area contributed by atoms with Crippen LogP contribution in [0.5, 0.6) is 0 Å². The lowest BCUT2D eigenvalue weighted by atomic mass is 10.0. The summed E-state index contributed by atoms with van der Waals surface area (Å²) < 4.78 is 5.23. The van der Waals surface area contributed by atoms with Crippen LogP contribution in [0.2, 0.25) is 0 Å². The number of hydrogen-bond acceptors (Lipinski definition) is 4. The molecule has 2 unspecified atom stereocenters. The van der Waals surface area contributed by atoms with Gasteiger partial charge in [0.2, 0.25) is 0 Å². The minimum atomic E-state index is -0.668. The molecule has 96 valence electrons. The van der Waals surface area contributed by atoms with Crippen LogP contribution in [0, 0.1) is 0 Å². The molecule has 3 nitrogen and oxygen atoms in total. The molecule has 2 atom stereocenters. The van der Waals surface area contributed by atoms with E-state index in [1.807, 2.05) is 11.3 Å². The van der Waals surface area contributed by atoms with Crippen LogP contribution < -0.4 is 5.32 Å². The van der Waals surface area contributed by atoms with E-state index in [1.165, 1.54) is 9.75 Å². The number of hydrogen-bond donors (Lipinski definition) is 2. The lowest BCUT2D eigenvalue weighted by Crippen LogP contribution is -2.41. The summed E-state index contributed by atoms with van der Waals surface area (Å²) in [6.45, 7) is 6.05. The normalized spacial score (nSPS) is 26.3. The Morgan fingerprint density at radius 2 is 2.41 bits per heavy atom. The zero-order valence-corrected chi connectivity index (χ0v) is 11.3. The van der Waals surface area contributed by atoms with Gasteiger partial charge >= 0.3 is 0 Å². The highest BCUT2D eigenvalue weighted by molar-refractivity contribution is 7.12. The van der Waals surface area contributed by atoms with Crippen molar-refractivity contribution in [2.75, 3.05) is 19.8 Å². The molecule has 2 rings (SSSR count). The van der Waals surface area contributed by atoms with Crippen molar-refractivity contribution in [2.45, 2.75) is 38.3 Å². The SMILES string of the molecule is CCc1ccc(C(C)NCC2(O)CCOC2)s1. The Hall–Kier alpha value is -0.420. The fourth-order valence-corrected chi connectivity index (χ4v) is 2.98. The van der Waals surface area contributed by atoms with Crippen LogP contribution in [0.25, 0.3) is 0 Å². The summed E-state index contributed by atoms with van der Waals surface area (Å²) in [5, 5.41) is 13.6. The van der Waals surface area contributed by atoms with Crippen molar-refractivity contribution >= 4 is 11.3 Å². The van der Waals surface area contributed by atoms with Crippen molar-refractivity contribution in [1.82, 2.24) is 5.32 Å². The average molecular weight is 255 g/mol. The van der Waals surface area contributed by atoms with Crippen molar-refractivity contribution < 1.29 is 9.84 Å². The molecule has 0 aromatic carbocycles. The predicted octanol–water partition coefficient (Wildman–Crippen LogP) is 2.11. The smallest absolute Gasteiger partial charge is 0.103 e. The fourth-order valence-electron chi connectivity index (χ4n) is 2.00.